The molecular formula is C12H23ClN2O2. The van der Waals surface area contributed by atoms with Gasteiger partial charge in [-0.2, -0.15) is 0 Å². The lowest BCUT2D eigenvalue weighted by Gasteiger charge is -2.17. The molecule has 100 valence electrons. The number of fused-ring (bicyclic) bond motifs is 1. The van der Waals surface area contributed by atoms with E-state index in [9.17, 15) is 4.79 Å². The van der Waals surface area contributed by atoms with Gasteiger partial charge in [-0.1, -0.05) is 6.42 Å². The van der Waals surface area contributed by atoms with Gasteiger partial charge in [-0.05, 0) is 24.7 Å². The van der Waals surface area contributed by atoms with Crippen LogP contribution in [0.25, 0.3) is 0 Å². The van der Waals surface area contributed by atoms with Gasteiger partial charge in [0.25, 0.3) is 0 Å². The zero-order valence-corrected chi connectivity index (χ0v) is 11.3. The smallest absolute Gasteiger partial charge is 0.236 e. The molecule has 0 aromatic heterocycles. The Morgan fingerprint density at radius 3 is 2.59 bits per heavy atom. The predicted octanol–water partition coefficient (Wildman–Crippen LogP) is 0.903. The summed E-state index contributed by atoms with van der Waals surface area (Å²) >= 11 is 0. The van der Waals surface area contributed by atoms with Crippen molar-refractivity contribution in [1.29, 1.82) is 0 Å². The quantitative estimate of drug-likeness (QED) is 0.749. The molecular weight excluding hydrogens is 240 g/mol. The number of halogens is 1. The zero-order chi connectivity index (χ0) is 11.4. The van der Waals surface area contributed by atoms with Crippen LogP contribution in [0.2, 0.25) is 0 Å². The number of hydrogen-bond acceptors (Lipinski definition) is 3. The van der Waals surface area contributed by atoms with Crippen molar-refractivity contribution in [2.75, 3.05) is 39.9 Å². The van der Waals surface area contributed by atoms with Crippen LogP contribution < -0.4 is 5.32 Å². The van der Waals surface area contributed by atoms with Gasteiger partial charge in [0.2, 0.25) is 5.91 Å². The first kappa shape index (κ1) is 14.7. The molecule has 0 spiro atoms. The van der Waals surface area contributed by atoms with E-state index < -0.39 is 0 Å². The molecule has 0 aromatic carbocycles. The van der Waals surface area contributed by atoms with Crippen LogP contribution in [0.5, 0.6) is 0 Å². The number of ether oxygens (including phenoxy) is 1. The fraction of sp³-hybridized carbons (Fsp3) is 0.917. The van der Waals surface area contributed by atoms with Crippen molar-refractivity contribution in [2.45, 2.75) is 19.3 Å². The summed E-state index contributed by atoms with van der Waals surface area (Å²) in [4.78, 5) is 13.9. The third kappa shape index (κ3) is 3.83. The second-order valence-electron chi connectivity index (χ2n) is 4.92. The molecule has 0 aromatic rings. The van der Waals surface area contributed by atoms with Crippen LogP contribution >= 0.6 is 12.4 Å². The molecule has 2 unspecified atom stereocenters. The number of hydrogen-bond donors (Lipinski definition) is 1. The van der Waals surface area contributed by atoms with Gasteiger partial charge in [-0.3, -0.25) is 4.79 Å². The van der Waals surface area contributed by atoms with Crippen LogP contribution in [-0.4, -0.2) is 50.7 Å². The number of methoxy groups -OCH3 is 1. The third-order valence-corrected chi connectivity index (χ3v) is 3.84. The van der Waals surface area contributed by atoms with Crippen molar-refractivity contribution in [3.63, 3.8) is 0 Å². The highest BCUT2D eigenvalue weighted by atomic mass is 35.5. The van der Waals surface area contributed by atoms with Gasteiger partial charge in [0.1, 0.15) is 0 Å². The molecule has 1 amide bonds. The average molecular weight is 263 g/mol. The van der Waals surface area contributed by atoms with Crippen LogP contribution in [0.3, 0.4) is 0 Å². The summed E-state index contributed by atoms with van der Waals surface area (Å²) < 4.78 is 4.92. The van der Waals surface area contributed by atoms with Gasteiger partial charge in [0.15, 0.2) is 0 Å². The lowest BCUT2D eigenvalue weighted by atomic mass is 10.0. The first-order valence-corrected chi connectivity index (χ1v) is 6.28. The second-order valence-corrected chi connectivity index (χ2v) is 4.92. The summed E-state index contributed by atoms with van der Waals surface area (Å²) in [6.45, 7) is 3.87. The molecule has 1 aliphatic heterocycles. The minimum Gasteiger partial charge on any atom is -0.383 e. The van der Waals surface area contributed by atoms with Gasteiger partial charge >= 0.3 is 0 Å². The lowest BCUT2D eigenvalue weighted by molar-refractivity contribution is -0.129. The second kappa shape index (κ2) is 7.19. The Morgan fingerprint density at radius 1 is 1.35 bits per heavy atom. The number of nitrogens with one attached hydrogen (secondary N) is 1. The van der Waals surface area contributed by atoms with E-state index in [0.29, 0.717) is 13.2 Å². The molecule has 2 fully saturated rings. The van der Waals surface area contributed by atoms with Gasteiger partial charge in [-0.15, -0.1) is 12.4 Å². The van der Waals surface area contributed by atoms with Crippen LogP contribution in [0, 0.1) is 11.8 Å². The van der Waals surface area contributed by atoms with Crippen LogP contribution in [0.15, 0.2) is 0 Å². The fourth-order valence-corrected chi connectivity index (χ4v) is 2.92. The summed E-state index contributed by atoms with van der Waals surface area (Å²) in [5.74, 6) is 1.84. The summed E-state index contributed by atoms with van der Waals surface area (Å²) in [5, 5.41) is 3.11. The molecule has 1 saturated carbocycles. The third-order valence-electron chi connectivity index (χ3n) is 3.84. The minimum atomic E-state index is 0. The zero-order valence-electron chi connectivity index (χ0n) is 10.5. The molecule has 2 aliphatic rings. The molecule has 4 nitrogen and oxygen atoms in total. The maximum Gasteiger partial charge on any atom is 0.236 e. The SMILES string of the molecule is COCCNCC(=O)N1CC2CCCC2C1.Cl. The molecule has 1 aliphatic carbocycles. The van der Waals surface area contributed by atoms with Gasteiger partial charge < -0.3 is 15.0 Å². The first-order valence-electron chi connectivity index (χ1n) is 6.28. The molecule has 5 heteroatoms. The van der Waals surface area contributed by atoms with Crippen molar-refractivity contribution in [3.05, 3.63) is 0 Å². The van der Waals surface area contributed by atoms with E-state index in [2.05, 4.69) is 5.32 Å². The molecule has 1 heterocycles. The fourth-order valence-electron chi connectivity index (χ4n) is 2.92. The average Bonchev–Trinajstić information content (AvgIpc) is 2.83. The Labute approximate surface area is 109 Å². The normalized spacial score (nSPS) is 26.8. The highest BCUT2D eigenvalue weighted by molar-refractivity contribution is 5.85. The van der Waals surface area contributed by atoms with Gasteiger partial charge in [-0.25, -0.2) is 0 Å². The van der Waals surface area contributed by atoms with Crippen molar-refractivity contribution in [1.82, 2.24) is 10.2 Å². The van der Waals surface area contributed by atoms with Crippen molar-refractivity contribution < 1.29 is 9.53 Å². The van der Waals surface area contributed by atoms with E-state index in [1.54, 1.807) is 7.11 Å². The highest BCUT2D eigenvalue weighted by Crippen LogP contribution is 2.37. The Balaban J connectivity index is 0.00000144. The molecule has 1 saturated heterocycles. The first-order chi connectivity index (χ1) is 7.81. The minimum absolute atomic E-state index is 0. The predicted molar refractivity (Wildman–Crippen MR) is 69.4 cm³/mol. The standard InChI is InChI=1S/C12H22N2O2.ClH/c1-16-6-5-13-7-12(15)14-8-10-3-2-4-11(10)9-14;/h10-11,13H,2-9H2,1H3;1H. The van der Waals surface area contributed by atoms with E-state index in [-0.39, 0.29) is 18.3 Å². The van der Waals surface area contributed by atoms with Crippen molar-refractivity contribution in [2.24, 2.45) is 11.8 Å². The maximum atomic E-state index is 11.9. The van der Waals surface area contributed by atoms with Gasteiger partial charge in [0, 0.05) is 26.7 Å². The van der Waals surface area contributed by atoms with Crippen molar-refractivity contribution >= 4 is 18.3 Å². The number of nitrogens with zero attached hydrogens (tertiary/aromatic N) is 1. The number of carbonyl (C=O) groups excluding carboxylic acids is 1. The maximum absolute atomic E-state index is 11.9. The lowest BCUT2D eigenvalue weighted by Crippen LogP contribution is -2.38. The number of carbonyl (C=O) groups is 1. The summed E-state index contributed by atoms with van der Waals surface area (Å²) in [7, 11) is 1.67. The highest BCUT2D eigenvalue weighted by Gasteiger charge is 2.37. The van der Waals surface area contributed by atoms with Crippen LogP contribution in [0.4, 0.5) is 0 Å². The van der Waals surface area contributed by atoms with Crippen molar-refractivity contribution in [3.8, 4) is 0 Å². The molecule has 0 bridgehead atoms. The van der Waals surface area contributed by atoms with Gasteiger partial charge in [0.05, 0.1) is 13.2 Å². The summed E-state index contributed by atoms with van der Waals surface area (Å²) in [6, 6.07) is 0. The molecule has 17 heavy (non-hydrogen) atoms. The van der Waals surface area contributed by atoms with E-state index in [1.807, 2.05) is 4.90 Å². The van der Waals surface area contributed by atoms with Crippen LogP contribution in [0.1, 0.15) is 19.3 Å². The van der Waals surface area contributed by atoms with E-state index in [1.165, 1.54) is 19.3 Å². The number of rotatable bonds is 5. The largest absolute Gasteiger partial charge is 0.383 e. The van der Waals surface area contributed by atoms with Crippen LogP contribution in [-0.2, 0) is 9.53 Å². The Hall–Kier alpha value is -0.320. The monoisotopic (exact) mass is 262 g/mol. The molecule has 2 atom stereocenters. The molecule has 1 N–H and O–H groups in total. The summed E-state index contributed by atoms with van der Waals surface area (Å²) in [6.07, 6.45) is 4.01. The Bertz CT molecular complexity index is 239. The number of likely N-dealkylation sites (tertiary alicyclic amines) is 1. The Kier molecular flexibility index (Phi) is 6.23. The van der Waals surface area contributed by atoms with E-state index >= 15 is 0 Å². The Morgan fingerprint density at radius 2 is 2.00 bits per heavy atom. The molecule has 0 radical (unpaired) electrons. The van der Waals surface area contributed by atoms with E-state index in [0.717, 1.165) is 31.5 Å². The molecule has 2 rings (SSSR count). The number of amides is 1. The van der Waals surface area contributed by atoms with E-state index in [4.69, 9.17) is 4.74 Å². The topological polar surface area (TPSA) is 41.6 Å². The summed E-state index contributed by atoms with van der Waals surface area (Å²) in [5.41, 5.74) is 0.